The van der Waals surface area contributed by atoms with Gasteiger partial charge in [0.05, 0.1) is 7.11 Å². The van der Waals surface area contributed by atoms with Crippen LogP contribution in [0.2, 0.25) is 0 Å². The molecule has 4 rings (SSSR count). The highest BCUT2D eigenvalue weighted by Crippen LogP contribution is 2.20. The number of hydrogen-bond acceptors (Lipinski definition) is 5. The number of aryl methyl sites for hydroxylation is 2. The maximum Gasteiger partial charge on any atom is 0.193 e. The third kappa shape index (κ3) is 6.05. The molecule has 32 heavy (non-hydrogen) atoms. The molecule has 0 aliphatic carbocycles. The number of guanidine groups is 1. The van der Waals surface area contributed by atoms with Gasteiger partial charge in [-0.2, -0.15) is 0 Å². The van der Waals surface area contributed by atoms with Gasteiger partial charge in [0.25, 0.3) is 0 Å². The molecule has 0 unspecified atom stereocenters. The van der Waals surface area contributed by atoms with E-state index in [1.54, 1.807) is 7.11 Å². The van der Waals surface area contributed by atoms with Crippen molar-refractivity contribution in [2.24, 2.45) is 4.99 Å². The second-order valence-corrected chi connectivity index (χ2v) is 8.24. The van der Waals surface area contributed by atoms with Crippen molar-refractivity contribution in [2.45, 2.75) is 45.1 Å². The van der Waals surface area contributed by atoms with Crippen molar-refractivity contribution >= 4 is 35.6 Å². The summed E-state index contributed by atoms with van der Waals surface area (Å²) < 4.78 is 7.61. The molecule has 1 aromatic heterocycles. The quantitative estimate of drug-likeness (QED) is 0.257. The number of aliphatic imine (C=N–C) groups is 1. The van der Waals surface area contributed by atoms with Crippen LogP contribution in [0.25, 0.3) is 0 Å². The van der Waals surface area contributed by atoms with Crippen LogP contribution >= 0.6 is 24.0 Å². The summed E-state index contributed by atoms with van der Waals surface area (Å²) in [6.45, 7) is 5.86. The number of halogens is 1. The highest BCUT2D eigenvalue weighted by Gasteiger charge is 2.20. The zero-order chi connectivity index (χ0) is 21.5. The van der Waals surface area contributed by atoms with E-state index in [-0.39, 0.29) is 24.0 Å². The molecule has 0 saturated carbocycles. The molecule has 0 atom stereocenters. The molecule has 1 N–H and O–H groups in total. The summed E-state index contributed by atoms with van der Waals surface area (Å²) >= 11 is 0. The number of benzene rings is 1. The van der Waals surface area contributed by atoms with Gasteiger partial charge in [-0.15, -0.1) is 34.2 Å². The molecule has 0 spiro atoms. The monoisotopic (exact) mass is 553 g/mol. The minimum atomic E-state index is 0. The highest BCUT2D eigenvalue weighted by molar-refractivity contribution is 14.0. The van der Waals surface area contributed by atoms with E-state index >= 15 is 0 Å². The Morgan fingerprint density at radius 1 is 1.03 bits per heavy atom. The van der Waals surface area contributed by atoms with E-state index in [2.05, 4.69) is 47.0 Å². The molecule has 3 heterocycles. The number of piperazine rings is 1. The Morgan fingerprint density at radius 2 is 1.81 bits per heavy atom. The van der Waals surface area contributed by atoms with Crippen LogP contribution < -0.4 is 15.0 Å². The van der Waals surface area contributed by atoms with E-state index in [9.17, 15) is 0 Å². The average molecular weight is 553 g/mol. The molecular weight excluding hydrogens is 517 g/mol. The molecule has 0 bridgehead atoms. The van der Waals surface area contributed by atoms with Gasteiger partial charge in [-0.25, -0.2) is 0 Å². The fourth-order valence-corrected chi connectivity index (χ4v) is 4.48. The molecule has 2 aromatic rings. The van der Waals surface area contributed by atoms with Crippen molar-refractivity contribution < 1.29 is 4.74 Å². The first kappa shape index (κ1) is 24.6. The molecule has 176 valence electrons. The van der Waals surface area contributed by atoms with Crippen molar-refractivity contribution in [3.8, 4) is 5.75 Å². The van der Waals surface area contributed by atoms with Crippen LogP contribution in [0, 0.1) is 0 Å². The molecule has 0 amide bonds. The summed E-state index contributed by atoms with van der Waals surface area (Å²) in [4.78, 5) is 9.28. The molecule has 1 aromatic carbocycles. The number of ether oxygens (including phenoxy) is 1. The Balaban J connectivity index is 0.00000289. The first-order chi connectivity index (χ1) is 15.3. The van der Waals surface area contributed by atoms with Gasteiger partial charge in [0.2, 0.25) is 0 Å². The highest BCUT2D eigenvalue weighted by atomic mass is 127. The third-order valence-electron chi connectivity index (χ3n) is 6.27. The van der Waals surface area contributed by atoms with Crippen molar-refractivity contribution in [3.05, 3.63) is 35.9 Å². The van der Waals surface area contributed by atoms with Crippen LogP contribution in [0.1, 0.15) is 37.3 Å². The SMILES string of the molecule is CN=C(NCCCc1nnc2n1CCCCC2)N1CCN(c2ccc(OC)cc2)CC1.I. The average Bonchev–Trinajstić information content (AvgIpc) is 3.05. The number of methoxy groups -OCH3 is 1. The smallest absolute Gasteiger partial charge is 0.193 e. The van der Waals surface area contributed by atoms with Gasteiger partial charge in [-0.1, -0.05) is 6.42 Å². The lowest BCUT2D eigenvalue weighted by Crippen LogP contribution is -2.52. The van der Waals surface area contributed by atoms with E-state index < -0.39 is 0 Å². The summed E-state index contributed by atoms with van der Waals surface area (Å²) in [6, 6.07) is 8.31. The van der Waals surface area contributed by atoms with Crippen molar-refractivity contribution in [3.63, 3.8) is 0 Å². The molecule has 8 nitrogen and oxygen atoms in total. The Hall–Kier alpha value is -2.04. The number of anilines is 1. The number of fused-ring (bicyclic) bond motifs is 1. The number of hydrogen-bond donors (Lipinski definition) is 1. The Bertz CT molecular complexity index is 860. The maximum atomic E-state index is 5.26. The molecule has 1 saturated heterocycles. The standard InChI is InChI=1S/C23H35N7O.HI/c1-24-23(25-13-6-8-22-27-26-21-7-4-3-5-14-30(21)22)29-17-15-28(16-18-29)19-9-11-20(31-2)12-10-19;/h9-12H,3-8,13-18H2,1-2H3,(H,24,25);1H. The first-order valence-electron chi connectivity index (χ1n) is 11.5. The van der Waals surface area contributed by atoms with Gasteiger partial charge < -0.3 is 24.4 Å². The van der Waals surface area contributed by atoms with Crippen LogP contribution in [0.3, 0.4) is 0 Å². The molecule has 2 aliphatic heterocycles. The number of nitrogens with one attached hydrogen (secondary N) is 1. The van der Waals surface area contributed by atoms with Crippen molar-refractivity contribution in [2.75, 3.05) is 51.8 Å². The van der Waals surface area contributed by atoms with Crippen LogP contribution in [-0.4, -0.2) is 72.5 Å². The largest absolute Gasteiger partial charge is 0.497 e. The first-order valence-corrected chi connectivity index (χ1v) is 11.5. The van der Waals surface area contributed by atoms with Crippen LogP contribution in [0.5, 0.6) is 5.75 Å². The molecule has 1 fully saturated rings. The van der Waals surface area contributed by atoms with Gasteiger partial charge in [-0.3, -0.25) is 4.99 Å². The Labute approximate surface area is 208 Å². The fourth-order valence-electron chi connectivity index (χ4n) is 4.48. The predicted octanol–water partition coefficient (Wildman–Crippen LogP) is 2.96. The van der Waals surface area contributed by atoms with E-state index in [4.69, 9.17) is 4.74 Å². The topological polar surface area (TPSA) is 70.8 Å². The van der Waals surface area contributed by atoms with E-state index in [1.807, 2.05) is 19.2 Å². The number of rotatable bonds is 6. The summed E-state index contributed by atoms with van der Waals surface area (Å²) in [5.41, 5.74) is 1.25. The summed E-state index contributed by atoms with van der Waals surface area (Å²) in [6.07, 6.45) is 6.84. The second-order valence-electron chi connectivity index (χ2n) is 8.24. The van der Waals surface area contributed by atoms with Gasteiger partial charge >= 0.3 is 0 Å². The van der Waals surface area contributed by atoms with Gasteiger partial charge in [0.1, 0.15) is 17.4 Å². The van der Waals surface area contributed by atoms with E-state index in [0.29, 0.717) is 0 Å². The molecule has 9 heteroatoms. The molecule has 0 radical (unpaired) electrons. The van der Waals surface area contributed by atoms with Crippen LogP contribution in [0.4, 0.5) is 5.69 Å². The Kier molecular flexibility index (Phi) is 9.43. The lowest BCUT2D eigenvalue weighted by atomic mass is 10.2. The number of aromatic nitrogens is 3. The summed E-state index contributed by atoms with van der Waals surface area (Å²) in [5.74, 6) is 4.21. The van der Waals surface area contributed by atoms with Crippen LogP contribution in [-0.2, 0) is 19.4 Å². The van der Waals surface area contributed by atoms with E-state index in [1.165, 1.54) is 30.8 Å². The molecule has 2 aliphatic rings. The van der Waals surface area contributed by atoms with Crippen LogP contribution in [0.15, 0.2) is 29.3 Å². The van der Waals surface area contributed by atoms with Gasteiger partial charge in [0.15, 0.2) is 5.96 Å². The Morgan fingerprint density at radius 3 is 2.53 bits per heavy atom. The van der Waals surface area contributed by atoms with Crippen molar-refractivity contribution in [1.29, 1.82) is 0 Å². The summed E-state index contributed by atoms with van der Waals surface area (Å²) in [7, 11) is 3.57. The third-order valence-corrected chi connectivity index (χ3v) is 6.27. The van der Waals surface area contributed by atoms with Crippen molar-refractivity contribution in [1.82, 2.24) is 25.0 Å². The summed E-state index contributed by atoms with van der Waals surface area (Å²) in [5, 5.41) is 12.4. The normalized spacial score (nSPS) is 16.8. The molecular formula is C23H36IN7O. The number of nitrogens with zero attached hydrogens (tertiary/aromatic N) is 6. The lowest BCUT2D eigenvalue weighted by molar-refractivity contribution is 0.372. The predicted molar refractivity (Wildman–Crippen MR) is 139 cm³/mol. The minimum absolute atomic E-state index is 0. The zero-order valence-corrected chi connectivity index (χ0v) is 21.6. The van der Waals surface area contributed by atoms with Gasteiger partial charge in [0, 0.05) is 64.8 Å². The van der Waals surface area contributed by atoms with E-state index in [0.717, 1.165) is 76.1 Å². The zero-order valence-electron chi connectivity index (χ0n) is 19.3. The lowest BCUT2D eigenvalue weighted by Gasteiger charge is -2.37. The fraction of sp³-hybridized carbons (Fsp3) is 0.609. The van der Waals surface area contributed by atoms with Gasteiger partial charge in [-0.05, 0) is 43.5 Å². The second kappa shape index (κ2) is 12.3. The maximum absolute atomic E-state index is 5.26. The minimum Gasteiger partial charge on any atom is -0.497 e.